The van der Waals surface area contributed by atoms with Crippen molar-refractivity contribution in [2.75, 3.05) is 49.6 Å². The molecule has 1 aliphatic carbocycles. The summed E-state index contributed by atoms with van der Waals surface area (Å²) >= 11 is 0. The lowest BCUT2D eigenvalue weighted by molar-refractivity contribution is -0.141. The molecule has 4 heterocycles. The van der Waals surface area contributed by atoms with Crippen molar-refractivity contribution in [3.05, 3.63) is 23.4 Å². The molecule has 8 nitrogen and oxygen atoms in total. The number of nitrogens with one attached hydrogen (secondary N) is 2. The van der Waals surface area contributed by atoms with Gasteiger partial charge in [-0.1, -0.05) is 0 Å². The second-order valence-electron chi connectivity index (χ2n) is 8.60. The van der Waals surface area contributed by atoms with Crippen molar-refractivity contribution in [3.63, 3.8) is 0 Å². The molecule has 31 heavy (non-hydrogen) atoms. The van der Waals surface area contributed by atoms with E-state index in [1.54, 1.807) is 0 Å². The van der Waals surface area contributed by atoms with Gasteiger partial charge in [-0.05, 0) is 19.8 Å². The number of aromatic amines is 1. The van der Waals surface area contributed by atoms with Gasteiger partial charge in [0.1, 0.15) is 11.5 Å². The molecule has 2 aliphatic heterocycles. The lowest BCUT2D eigenvalue weighted by atomic mass is 9.97. The predicted molar refractivity (Wildman–Crippen MR) is 104 cm³/mol. The topological polar surface area (TPSA) is 82.2 Å². The third-order valence-electron chi connectivity index (χ3n) is 6.09. The highest BCUT2D eigenvalue weighted by Crippen LogP contribution is 2.40. The van der Waals surface area contributed by atoms with E-state index in [0.717, 1.165) is 32.0 Å². The van der Waals surface area contributed by atoms with E-state index in [-0.39, 0.29) is 28.9 Å². The smallest absolute Gasteiger partial charge is 0.377 e. The van der Waals surface area contributed by atoms with E-state index >= 15 is 4.39 Å². The maximum absolute atomic E-state index is 15.3. The number of nitrogens with zero attached hydrogens (tertiary/aromatic N) is 5. The van der Waals surface area contributed by atoms with Gasteiger partial charge in [-0.15, -0.1) is 0 Å². The highest BCUT2D eigenvalue weighted by Gasteiger charge is 2.41. The van der Waals surface area contributed by atoms with Crippen molar-refractivity contribution in [3.8, 4) is 0 Å². The van der Waals surface area contributed by atoms with Crippen LogP contribution in [-0.4, -0.2) is 70.0 Å². The zero-order valence-electron chi connectivity index (χ0n) is 17.0. The number of hydrogen-bond acceptors (Lipinski definition) is 7. The van der Waals surface area contributed by atoms with Gasteiger partial charge in [-0.3, -0.25) is 10.00 Å². The van der Waals surface area contributed by atoms with E-state index in [1.807, 2.05) is 10.00 Å². The van der Waals surface area contributed by atoms with Gasteiger partial charge in [-0.25, -0.2) is 9.97 Å². The molecule has 0 amide bonds. The quantitative estimate of drug-likeness (QED) is 0.691. The van der Waals surface area contributed by atoms with Crippen LogP contribution in [0.25, 0.3) is 0 Å². The standard InChI is InChI=1S/C19H23F4N7O/c1-18(9-31-10-18)30-6-4-29(5-7-30)17-14(20)16(25-15(26-17)11-2-3-11)24-13-8-12(27-28-13)19(21,22)23/h8,11H,2-7,9-10H2,1H3,(H2,24,25,26,27,28). The van der Waals surface area contributed by atoms with E-state index in [1.165, 1.54) is 0 Å². The SMILES string of the molecule is CC1(N2CCN(c3nc(C4CC4)nc(Nc4cc(C(F)(F)F)[nH]n4)c3F)CC2)COC1. The fraction of sp³-hybridized carbons (Fsp3) is 0.632. The molecule has 1 saturated carbocycles. The lowest BCUT2D eigenvalue weighted by Gasteiger charge is -2.50. The average molecular weight is 441 g/mol. The first-order valence-electron chi connectivity index (χ1n) is 10.3. The Hall–Kier alpha value is -2.47. The number of piperazine rings is 1. The van der Waals surface area contributed by atoms with Gasteiger partial charge in [0, 0.05) is 38.2 Å². The molecule has 2 aromatic heterocycles. The molecule has 2 aromatic rings. The summed E-state index contributed by atoms with van der Waals surface area (Å²) in [5.74, 6) is -0.160. The Kier molecular flexibility index (Phi) is 4.81. The minimum Gasteiger partial charge on any atom is -0.377 e. The largest absolute Gasteiger partial charge is 0.432 e. The van der Waals surface area contributed by atoms with E-state index in [9.17, 15) is 13.2 Å². The molecular weight excluding hydrogens is 418 g/mol. The summed E-state index contributed by atoms with van der Waals surface area (Å²) in [4.78, 5) is 12.9. The first-order valence-corrected chi connectivity index (χ1v) is 10.3. The number of anilines is 3. The van der Waals surface area contributed by atoms with Crippen molar-refractivity contribution >= 4 is 17.5 Å². The van der Waals surface area contributed by atoms with Gasteiger partial charge in [0.2, 0.25) is 5.82 Å². The average Bonchev–Trinajstić information content (AvgIpc) is 3.45. The summed E-state index contributed by atoms with van der Waals surface area (Å²) in [5.41, 5.74) is -0.991. The van der Waals surface area contributed by atoms with Crippen LogP contribution in [0.2, 0.25) is 0 Å². The maximum atomic E-state index is 15.3. The van der Waals surface area contributed by atoms with Crippen LogP contribution in [0.15, 0.2) is 6.07 Å². The predicted octanol–water partition coefficient (Wildman–Crippen LogP) is 2.89. The van der Waals surface area contributed by atoms with Crippen molar-refractivity contribution < 1.29 is 22.3 Å². The first-order chi connectivity index (χ1) is 14.7. The molecule has 2 saturated heterocycles. The molecule has 2 N–H and O–H groups in total. The molecule has 5 rings (SSSR count). The highest BCUT2D eigenvalue weighted by atomic mass is 19.4. The molecule has 0 unspecified atom stereocenters. The van der Waals surface area contributed by atoms with Gasteiger partial charge in [0.25, 0.3) is 0 Å². The Bertz CT molecular complexity index is 963. The van der Waals surface area contributed by atoms with Gasteiger partial charge in [0.15, 0.2) is 17.5 Å². The van der Waals surface area contributed by atoms with E-state index in [2.05, 4.69) is 32.2 Å². The van der Waals surface area contributed by atoms with Gasteiger partial charge >= 0.3 is 6.18 Å². The monoisotopic (exact) mass is 441 g/mol. The third kappa shape index (κ3) is 3.93. The Morgan fingerprint density at radius 3 is 2.42 bits per heavy atom. The van der Waals surface area contributed by atoms with Crippen LogP contribution in [0, 0.1) is 5.82 Å². The van der Waals surface area contributed by atoms with E-state index < -0.39 is 17.7 Å². The highest BCUT2D eigenvalue weighted by molar-refractivity contribution is 5.59. The number of aromatic nitrogens is 4. The second kappa shape index (κ2) is 7.30. The number of H-pyrrole nitrogens is 1. The van der Waals surface area contributed by atoms with Crippen LogP contribution < -0.4 is 10.2 Å². The molecule has 0 bridgehead atoms. The molecule has 3 fully saturated rings. The summed E-state index contributed by atoms with van der Waals surface area (Å²) in [6, 6.07) is 0.790. The van der Waals surface area contributed by atoms with Gasteiger partial charge in [-0.2, -0.15) is 22.7 Å². The van der Waals surface area contributed by atoms with Crippen LogP contribution in [0.4, 0.5) is 35.0 Å². The fourth-order valence-corrected chi connectivity index (χ4v) is 3.96. The Labute approximate surface area is 176 Å². The van der Waals surface area contributed by atoms with E-state index in [4.69, 9.17) is 4.74 Å². The molecular formula is C19H23F4N7O. The zero-order chi connectivity index (χ0) is 21.8. The fourth-order valence-electron chi connectivity index (χ4n) is 3.96. The minimum absolute atomic E-state index is 0.0261. The second-order valence-corrected chi connectivity index (χ2v) is 8.60. The summed E-state index contributed by atoms with van der Waals surface area (Å²) in [7, 11) is 0. The molecule has 0 radical (unpaired) electrons. The molecule has 0 aromatic carbocycles. The summed E-state index contributed by atoms with van der Waals surface area (Å²) < 4.78 is 59.2. The molecule has 12 heteroatoms. The normalized spacial score (nSPS) is 21.8. The van der Waals surface area contributed by atoms with Crippen molar-refractivity contribution in [1.82, 2.24) is 25.1 Å². The van der Waals surface area contributed by atoms with E-state index in [0.29, 0.717) is 32.1 Å². The third-order valence-corrected chi connectivity index (χ3v) is 6.09. The minimum atomic E-state index is -4.57. The van der Waals surface area contributed by atoms with Crippen molar-refractivity contribution in [2.24, 2.45) is 0 Å². The molecule has 3 aliphatic rings. The molecule has 0 spiro atoms. The summed E-state index contributed by atoms with van der Waals surface area (Å²) in [5, 5.41) is 8.10. The maximum Gasteiger partial charge on any atom is 0.432 e. The van der Waals surface area contributed by atoms with Crippen LogP contribution in [0.3, 0.4) is 0 Å². The zero-order valence-corrected chi connectivity index (χ0v) is 17.0. The Balaban J connectivity index is 1.38. The number of alkyl halides is 3. The number of rotatable bonds is 5. The Morgan fingerprint density at radius 1 is 1.16 bits per heavy atom. The number of ether oxygens (including phenoxy) is 1. The first kappa shape index (κ1) is 20.4. The van der Waals surface area contributed by atoms with Crippen LogP contribution in [0.5, 0.6) is 0 Å². The van der Waals surface area contributed by atoms with Crippen molar-refractivity contribution in [1.29, 1.82) is 0 Å². The number of halogens is 4. The van der Waals surface area contributed by atoms with Crippen LogP contribution in [-0.2, 0) is 10.9 Å². The van der Waals surface area contributed by atoms with Crippen LogP contribution in [0.1, 0.15) is 37.2 Å². The van der Waals surface area contributed by atoms with Gasteiger partial charge in [0.05, 0.1) is 18.8 Å². The van der Waals surface area contributed by atoms with Gasteiger partial charge < -0.3 is 15.0 Å². The lowest BCUT2D eigenvalue weighted by Crippen LogP contribution is -2.64. The van der Waals surface area contributed by atoms with Crippen molar-refractivity contribution in [2.45, 2.75) is 37.4 Å². The summed E-state index contributed by atoms with van der Waals surface area (Å²) in [6.45, 7) is 6.22. The summed E-state index contributed by atoms with van der Waals surface area (Å²) in [6.07, 6.45) is -2.74. The molecule has 0 atom stereocenters. The number of hydrogen-bond donors (Lipinski definition) is 2. The Morgan fingerprint density at radius 2 is 1.87 bits per heavy atom. The van der Waals surface area contributed by atoms with Crippen LogP contribution >= 0.6 is 0 Å². The molecule has 168 valence electrons.